The van der Waals surface area contributed by atoms with E-state index in [2.05, 4.69) is 11.1 Å². The summed E-state index contributed by atoms with van der Waals surface area (Å²) < 4.78 is 33.3. The molecule has 8 nitrogen and oxygen atoms in total. The average molecular weight is 489 g/mol. The third kappa shape index (κ3) is 40.0. The predicted molar refractivity (Wildman–Crippen MR) is 119 cm³/mol. The maximum absolute atomic E-state index is 10.3. The van der Waals surface area contributed by atoms with E-state index < -0.39 is 22.3 Å². The van der Waals surface area contributed by atoms with Crippen molar-refractivity contribution >= 4 is 22.3 Å². The van der Waals surface area contributed by atoms with Crippen molar-refractivity contribution in [1.29, 1.82) is 0 Å². The van der Waals surface area contributed by atoms with E-state index in [4.69, 9.17) is 9.66 Å². The number of carbonyl (C=O) groups excluding carboxylic acids is 1. The molecule has 32 heavy (non-hydrogen) atoms. The van der Waals surface area contributed by atoms with Crippen LogP contribution in [-0.4, -0.2) is 36.6 Å². The fourth-order valence-corrected chi connectivity index (χ4v) is 3.28. The van der Waals surface area contributed by atoms with E-state index in [0.29, 0.717) is 18.6 Å². The van der Waals surface area contributed by atoms with Crippen molar-refractivity contribution < 1.29 is 66.5 Å². The van der Waals surface area contributed by atoms with Crippen molar-refractivity contribution in [3.05, 3.63) is 12.2 Å². The van der Waals surface area contributed by atoms with Gasteiger partial charge in [0.15, 0.2) is 0 Å². The van der Waals surface area contributed by atoms with E-state index in [1.807, 2.05) is 0 Å². The van der Waals surface area contributed by atoms with E-state index >= 15 is 0 Å². The summed E-state index contributed by atoms with van der Waals surface area (Å²) in [5.74, 6) is -2.80. The second kappa shape index (κ2) is 26.8. The summed E-state index contributed by atoms with van der Waals surface area (Å²) in [6.45, 7) is 2.36. The van der Waals surface area contributed by atoms with E-state index in [-0.39, 0.29) is 36.2 Å². The summed E-state index contributed by atoms with van der Waals surface area (Å²) in [7, 11) is -4.24. The summed E-state index contributed by atoms with van der Waals surface area (Å²) in [6, 6.07) is 0. The Morgan fingerprint density at radius 1 is 0.750 bits per heavy atom. The van der Waals surface area contributed by atoms with Crippen LogP contribution in [0, 0.1) is 0 Å². The molecular formula is C22H41NaO8S. The van der Waals surface area contributed by atoms with Crippen LogP contribution in [0.4, 0.5) is 0 Å². The Kier molecular flexibility index (Phi) is 30.3. The van der Waals surface area contributed by atoms with Gasteiger partial charge in [-0.15, -0.1) is 0 Å². The minimum Gasteiger partial charge on any atom is -0.545 e. The van der Waals surface area contributed by atoms with Crippen molar-refractivity contribution in [3.63, 3.8) is 0 Å². The molecule has 0 saturated carbocycles. The van der Waals surface area contributed by atoms with E-state index in [1.165, 1.54) is 83.5 Å². The van der Waals surface area contributed by atoms with Crippen LogP contribution in [0.25, 0.3) is 0 Å². The number of carboxylic acids is 2. The van der Waals surface area contributed by atoms with Gasteiger partial charge >= 0.3 is 45.9 Å². The van der Waals surface area contributed by atoms with E-state index in [0.717, 1.165) is 12.8 Å². The monoisotopic (exact) mass is 488 g/mol. The van der Waals surface area contributed by atoms with E-state index in [1.54, 1.807) is 0 Å². The molecule has 0 bridgehead atoms. The van der Waals surface area contributed by atoms with Gasteiger partial charge in [0.1, 0.15) is 0 Å². The molecule has 0 atom stereocenters. The predicted octanol–water partition coefficient (Wildman–Crippen LogP) is 1.45. The quantitative estimate of drug-likeness (QED) is 0.114. The van der Waals surface area contributed by atoms with Gasteiger partial charge in [-0.05, 0) is 12.5 Å². The standard InChI is InChI=1S/C18H38O4S.C4H4O4.Na/c1-2-3-4-5-6-7-8-9-10-11-12-13-14-15-16-17-18-22-23(19,20)21;5-3(6)1-2-4(7)8;/h2-18H2,1H3,(H,19,20,21);1-2H,(H,5,6)(H,7,8);/q;;+1/p-1/b;2-1+;. The van der Waals surface area contributed by atoms with Crippen LogP contribution in [0.5, 0.6) is 0 Å². The third-order valence-electron chi connectivity index (χ3n) is 4.59. The van der Waals surface area contributed by atoms with Crippen LogP contribution in [0.1, 0.15) is 110 Å². The SMILES string of the molecule is CCCCCCCCCCCCCCCCCCOS(=O)(=O)O.O=C([O-])/C=C/C(=O)O.[Na+]. The normalized spacial score (nSPS) is 10.9. The minimum atomic E-state index is -4.24. The molecule has 0 rings (SSSR count). The van der Waals surface area contributed by atoms with Gasteiger partial charge in [-0.2, -0.15) is 8.42 Å². The maximum atomic E-state index is 10.3. The fraction of sp³-hybridized carbons (Fsp3) is 0.818. The van der Waals surface area contributed by atoms with Gasteiger partial charge in [0.2, 0.25) is 0 Å². The molecule has 0 radical (unpaired) electrons. The minimum absolute atomic E-state index is 0. The van der Waals surface area contributed by atoms with Crippen molar-refractivity contribution in [2.24, 2.45) is 0 Å². The number of unbranched alkanes of at least 4 members (excludes halogenated alkanes) is 15. The number of rotatable bonds is 20. The van der Waals surface area contributed by atoms with Crippen LogP contribution < -0.4 is 34.7 Å². The summed E-state index contributed by atoms with van der Waals surface area (Å²) in [4.78, 5) is 19.0. The number of carboxylic acid groups (broad SMARTS) is 2. The van der Waals surface area contributed by atoms with Crippen molar-refractivity contribution in [2.75, 3.05) is 6.61 Å². The van der Waals surface area contributed by atoms with Gasteiger partial charge < -0.3 is 15.0 Å². The first-order chi connectivity index (χ1) is 14.7. The Hall–Kier alpha value is -0.450. The molecule has 0 fully saturated rings. The second-order valence-corrected chi connectivity index (χ2v) is 8.63. The molecule has 0 saturated heterocycles. The summed E-state index contributed by atoms with van der Waals surface area (Å²) in [5, 5.41) is 17.2. The first kappa shape index (κ1) is 36.1. The van der Waals surface area contributed by atoms with Crippen molar-refractivity contribution in [2.45, 2.75) is 110 Å². The molecule has 0 heterocycles. The van der Waals surface area contributed by atoms with Crippen LogP contribution in [0.3, 0.4) is 0 Å². The van der Waals surface area contributed by atoms with Gasteiger partial charge in [0.25, 0.3) is 0 Å². The van der Waals surface area contributed by atoms with Crippen LogP contribution >= 0.6 is 0 Å². The third-order valence-corrected chi connectivity index (χ3v) is 5.06. The maximum Gasteiger partial charge on any atom is 1.00 e. The molecule has 0 spiro atoms. The Labute approximate surface area is 216 Å². The van der Waals surface area contributed by atoms with Gasteiger partial charge in [-0.25, -0.2) is 8.98 Å². The Bertz CT molecular complexity index is 548. The van der Waals surface area contributed by atoms with Crippen molar-refractivity contribution in [1.82, 2.24) is 0 Å². The Balaban J connectivity index is -0.000000793. The molecule has 0 unspecified atom stereocenters. The molecule has 0 aliphatic carbocycles. The molecule has 2 N–H and O–H groups in total. The largest absolute Gasteiger partial charge is 1.00 e. The summed E-state index contributed by atoms with van der Waals surface area (Å²) in [6.07, 6.45) is 21.4. The fourth-order valence-electron chi connectivity index (χ4n) is 2.95. The molecule has 0 aromatic rings. The molecule has 0 aliphatic heterocycles. The van der Waals surface area contributed by atoms with Crippen LogP contribution in [0.2, 0.25) is 0 Å². The van der Waals surface area contributed by atoms with Gasteiger partial charge in [0, 0.05) is 6.08 Å². The van der Waals surface area contributed by atoms with Gasteiger partial charge in [0.05, 0.1) is 12.6 Å². The number of carbonyl (C=O) groups is 2. The van der Waals surface area contributed by atoms with Crippen LogP contribution in [-0.2, 0) is 24.2 Å². The van der Waals surface area contributed by atoms with E-state index in [9.17, 15) is 23.1 Å². The summed E-state index contributed by atoms with van der Waals surface area (Å²) >= 11 is 0. The number of hydrogen-bond donors (Lipinski definition) is 2. The zero-order valence-corrected chi connectivity index (χ0v) is 22.7. The summed E-state index contributed by atoms with van der Waals surface area (Å²) in [5.41, 5.74) is 0. The van der Waals surface area contributed by atoms with Crippen LogP contribution in [0.15, 0.2) is 12.2 Å². The first-order valence-corrected chi connectivity index (χ1v) is 12.8. The molecule has 0 aliphatic rings. The molecule has 0 aromatic carbocycles. The first-order valence-electron chi connectivity index (χ1n) is 11.4. The molecule has 184 valence electrons. The van der Waals surface area contributed by atoms with Gasteiger partial charge in [-0.1, -0.05) is 103 Å². The average Bonchev–Trinajstić information content (AvgIpc) is 2.68. The molecule has 10 heteroatoms. The van der Waals surface area contributed by atoms with Crippen molar-refractivity contribution in [3.8, 4) is 0 Å². The molecular weight excluding hydrogens is 447 g/mol. The molecule has 0 aromatic heterocycles. The molecule has 0 amide bonds. The number of hydrogen-bond acceptors (Lipinski definition) is 6. The number of aliphatic carboxylic acids is 2. The second-order valence-electron chi connectivity index (χ2n) is 7.54. The topological polar surface area (TPSA) is 141 Å². The van der Waals surface area contributed by atoms with Gasteiger partial charge in [-0.3, -0.25) is 4.55 Å². The zero-order chi connectivity index (χ0) is 23.8. The zero-order valence-electron chi connectivity index (χ0n) is 19.9. The Morgan fingerprint density at radius 2 is 1.09 bits per heavy atom. The Morgan fingerprint density at radius 3 is 1.34 bits per heavy atom. The smallest absolute Gasteiger partial charge is 0.545 e.